The Morgan fingerprint density at radius 1 is 0.933 bits per heavy atom. The monoisotopic (exact) mass is 396 g/mol. The summed E-state index contributed by atoms with van der Waals surface area (Å²) in [5, 5.41) is 15.6. The molecule has 0 fully saturated rings. The maximum atomic E-state index is 5.40. The molecule has 7 nitrogen and oxygen atoms in total. The molecule has 0 aliphatic heterocycles. The minimum atomic E-state index is 0.639. The second-order valence-corrected chi connectivity index (χ2v) is 6.91. The van der Waals surface area contributed by atoms with Gasteiger partial charge in [-0.25, -0.2) is 9.97 Å². The summed E-state index contributed by atoms with van der Waals surface area (Å²) < 4.78 is 5.40. The number of methoxy groups -OCH3 is 1. The van der Waals surface area contributed by atoms with E-state index in [2.05, 4.69) is 20.8 Å². The Bertz CT molecular complexity index is 1360. The van der Waals surface area contributed by atoms with E-state index in [0.717, 1.165) is 50.3 Å². The smallest absolute Gasteiger partial charge is 0.162 e. The van der Waals surface area contributed by atoms with E-state index in [9.17, 15) is 0 Å². The van der Waals surface area contributed by atoms with E-state index in [1.165, 1.54) is 0 Å². The van der Waals surface area contributed by atoms with Crippen molar-refractivity contribution in [2.45, 2.75) is 0 Å². The zero-order chi connectivity index (χ0) is 20.5. The van der Waals surface area contributed by atoms with Crippen molar-refractivity contribution in [2.24, 2.45) is 0 Å². The molecular formula is C23H20N6O. The Labute approximate surface area is 173 Å². The molecule has 2 aromatic heterocycles. The lowest BCUT2D eigenvalue weighted by Gasteiger charge is -2.12. The van der Waals surface area contributed by atoms with Gasteiger partial charge in [0.15, 0.2) is 5.82 Å². The van der Waals surface area contributed by atoms with Crippen LogP contribution in [0.2, 0.25) is 0 Å². The first-order valence-electron chi connectivity index (χ1n) is 9.57. The predicted molar refractivity (Wildman–Crippen MR) is 120 cm³/mol. The molecule has 30 heavy (non-hydrogen) atoms. The first-order chi connectivity index (χ1) is 14.7. The molecule has 0 amide bonds. The van der Waals surface area contributed by atoms with Gasteiger partial charge in [-0.1, -0.05) is 12.1 Å². The molecule has 0 unspecified atom stereocenters. The highest BCUT2D eigenvalue weighted by Crippen LogP contribution is 2.31. The van der Waals surface area contributed by atoms with Crippen LogP contribution in [-0.4, -0.2) is 34.3 Å². The minimum absolute atomic E-state index is 0.639. The lowest BCUT2D eigenvalue weighted by atomic mass is 10.1. The van der Waals surface area contributed by atoms with Crippen LogP contribution in [0.3, 0.4) is 0 Å². The molecule has 0 bridgehead atoms. The Balaban J connectivity index is 1.66. The number of hydrogen-bond acceptors (Lipinski definition) is 6. The van der Waals surface area contributed by atoms with Crippen LogP contribution in [0, 0.1) is 0 Å². The molecule has 5 rings (SSSR count). The molecular weight excluding hydrogens is 376 g/mol. The van der Waals surface area contributed by atoms with Crippen LogP contribution >= 0.6 is 0 Å². The van der Waals surface area contributed by atoms with E-state index in [1.54, 1.807) is 13.3 Å². The molecule has 0 saturated carbocycles. The van der Waals surface area contributed by atoms with Gasteiger partial charge in [0.25, 0.3) is 0 Å². The molecule has 148 valence electrons. The van der Waals surface area contributed by atoms with E-state index < -0.39 is 0 Å². The van der Waals surface area contributed by atoms with Crippen molar-refractivity contribution in [2.75, 3.05) is 24.8 Å². The minimum Gasteiger partial charge on any atom is -0.497 e. The Kier molecular flexibility index (Phi) is 4.40. The van der Waals surface area contributed by atoms with E-state index in [1.807, 2.05) is 67.7 Å². The van der Waals surface area contributed by atoms with Gasteiger partial charge in [0.2, 0.25) is 0 Å². The molecule has 3 aromatic carbocycles. The highest BCUT2D eigenvalue weighted by atomic mass is 16.5. The van der Waals surface area contributed by atoms with Gasteiger partial charge in [-0.3, -0.25) is 5.10 Å². The number of nitrogens with zero attached hydrogens (tertiary/aromatic N) is 3. The molecule has 0 atom stereocenters. The summed E-state index contributed by atoms with van der Waals surface area (Å²) in [7, 11) is 3.54. The van der Waals surface area contributed by atoms with Gasteiger partial charge in [-0.2, -0.15) is 5.10 Å². The zero-order valence-electron chi connectivity index (χ0n) is 16.6. The molecule has 0 aliphatic rings. The molecule has 7 heteroatoms. The number of aromatic amines is 1. The van der Waals surface area contributed by atoms with Crippen LogP contribution in [-0.2, 0) is 0 Å². The summed E-state index contributed by atoms with van der Waals surface area (Å²) in [6, 6.07) is 19.9. The lowest BCUT2D eigenvalue weighted by molar-refractivity contribution is 0.415. The van der Waals surface area contributed by atoms with Crippen molar-refractivity contribution in [3.8, 4) is 17.1 Å². The van der Waals surface area contributed by atoms with Crippen LogP contribution in [0.4, 0.5) is 17.2 Å². The van der Waals surface area contributed by atoms with Crippen molar-refractivity contribution in [1.82, 2.24) is 20.2 Å². The molecule has 0 saturated heterocycles. The average molecular weight is 396 g/mol. The van der Waals surface area contributed by atoms with Crippen molar-refractivity contribution in [3.63, 3.8) is 0 Å². The molecule has 0 spiro atoms. The van der Waals surface area contributed by atoms with Crippen LogP contribution in [0.1, 0.15) is 0 Å². The second kappa shape index (κ2) is 7.36. The summed E-state index contributed by atoms with van der Waals surface area (Å²) in [6.45, 7) is 0. The number of nitrogens with one attached hydrogen (secondary N) is 3. The van der Waals surface area contributed by atoms with E-state index in [4.69, 9.17) is 14.7 Å². The van der Waals surface area contributed by atoms with Gasteiger partial charge in [0.05, 0.1) is 24.3 Å². The largest absolute Gasteiger partial charge is 0.497 e. The SMILES string of the molecule is CNc1cccc(-c2nc(Nc3ccc4[nH]ncc4c3)c3ccc(OC)cc3n2)c1. The van der Waals surface area contributed by atoms with Crippen LogP contribution in [0.5, 0.6) is 5.75 Å². The standard InChI is InChI=1S/C23H20N6O/c1-24-16-5-3-4-14(10-16)22-27-21-12-18(30-2)7-8-19(21)23(28-22)26-17-6-9-20-15(11-17)13-25-29-20/h3-13,24H,1-2H3,(H,25,29)(H,26,27,28). The highest BCUT2D eigenvalue weighted by Gasteiger charge is 2.12. The molecule has 0 radical (unpaired) electrons. The third-order valence-corrected chi connectivity index (χ3v) is 5.02. The average Bonchev–Trinajstić information content (AvgIpc) is 3.26. The third kappa shape index (κ3) is 3.26. The van der Waals surface area contributed by atoms with Crippen LogP contribution < -0.4 is 15.4 Å². The fourth-order valence-corrected chi connectivity index (χ4v) is 3.43. The summed E-state index contributed by atoms with van der Waals surface area (Å²) in [5.41, 5.74) is 4.65. The van der Waals surface area contributed by atoms with Crippen LogP contribution in [0.15, 0.2) is 66.9 Å². The Morgan fingerprint density at radius 3 is 2.73 bits per heavy atom. The highest BCUT2D eigenvalue weighted by molar-refractivity contribution is 5.94. The van der Waals surface area contributed by atoms with E-state index in [-0.39, 0.29) is 0 Å². The van der Waals surface area contributed by atoms with Gasteiger partial charge >= 0.3 is 0 Å². The first kappa shape index (κ1) is 17.9. The zero-order valence-corrected chi connectivity index (χ0v) is 16.6. The van der Waals surface area contributed by atoms with E-state index in [0.29, 0.717) is 5.82 Å². The number of ether oxygens (including phenoxy) is 1. The molecule has 5 aromatic rings. The van der Waals surface area contributed by atoms with Crippen molar-refractivity contribution >= 4 is 39.0 Å². The number of fused-ring (bicyclic) bond motifs is 2. The number of rotatable bonds is 5. The summed E-state index contributed by atoms with van der Waals surface area (Å²) in [6.07, 6.45) is 1.80. The molecule has 3 N–H and O–H groups in total. The topological polar surface area (TPSA) is 87.8 Å². The summed E-state index contributed by atoms with van der Waals surface area (Å²) >= 11 is 0. The number of benzene rings is 3. The third-order valence-electron chi connectivity index (χ3n) is 5.02. The Hall–Kier alpha value is -4.13. The fourth-order valence-electron chi connectivity index (χ4n) is 3.43. The van der Waals surface area contributed by atoms with Gasteiger partial charge in [0, 0.05) is 40.8 Å². The first-order valence-corrected chi connectivity index (χ1v) is 9.57. The number of anilines is 3. The normalized spacial score (nSPS) is 11.0. The van der Waals surface area contributed by atoms with Crippen molar-refractivity contribution in [1.29, 1.82) is 0 Å². The predicted octanol–water partition coefficient (Wildman–Crippen LogP) is 4.97. The van der Waals surface area contributed by atoms with Gasteiger partial charge in [-0.15, -0.1) is 0 Å². The fraction of sp³-hybridized carbons (Fsp3) is 0.0870. The molecule has 2 heterocycles. The van der Waals surface area contributed by atoms with Gasteiger partial charge in [-0.05, 0) is 42.5 Å². The van der Waals surface area contributed by atoms with Gasteiger partial charge < -0.3 is 15.4 Å². The lowest BCUT2D eigenvalue weighted by Crippen LogP contribution is -2.00. The second-order valence-electron chi connectivity index (χ2n) is 6.91. The maximum absolute atomic E-state index is 5.40. The summed E-state index contributed by atoms with van der Waals surface area (Å²) in [4.78, 5) is 9.65. The maximum Gasteiger partial charge on any atom is 0.162 e. The van der Waals surface area contributed by atoms with E-state index >= 15 is 0 Å². The van der Waals surface area contributed by atoms with Crippen molar-refractivity contribution < 1.29 is 4.74 Å². The quantitative estimate of drug-likeness (QED) is 0.389. The number of H-pyrrole nitrogens is 1. The summed E-state index contributed by atoms with van der Waals surface area (Å²) in [5.74, 6) is 2.12. The Morgan fingerprint density at radius 2 is 1.87 bits per heavy atom. The van der Waals surface area contributed by atoms with Crippen LogP contribution in [0.25, 0.3) is 33.2 Å². The molecule has 0 aliphatic carbocycles. The number of aromatic nitrogens is 4. The van der Waals surface area contributed by atoms with Gasteiger partial charge in [0.1, 0.15) is 11.6 Å². The number of hydrogen-bond donors (Lipinski definition) is 3. The van der Waals surface area contributed by atoms with Crippen molar-refractivity contribution in [3.05, 3.63) is 66.9 Å².